The summed E-state index contributed by atoms with van der Waals surface area (Å²) in [6, 6.07) is 13.3. The summed E-state index contributed by atoms with van der Waals surface area (Å²) in [4.78, 5) is 2.45. The molecular formula is C27H33NO2. The average molecular weight is 404 g/mol. The van der Waals surface area contributed by atoms with Crippen molar-refractivity contribution < 1.29 is 9.84 Å². The molecule has 0 radical (unpaired) electrons. The topological polar surface area (TPSA) is 32.7 Å². The molecule has 1 N–H and O–H groups in total. The van der Waals surface area contributed by atoms with Crippen molar-refractivity contribution in [1.29, 1.82) is 0 Å². The van der Waals surface area contributed by atoms with Crippen LogP contribution in [0.25, 0.3) is 11.8 Å². The third-order valence-corrected chi connectivity index (χ3v) is 6.09. The quantitative estimate of drug-likeness (QED) is 0.698. The standard InChI is InChI=1S/C27H33NO2/c1-18(2)22-9-6-10-23(19(3)4)27(22)28-16-20-8-5-11-24-25(30-15-7-14-29)13-12-21(17-28)26(20)24/h5-6,8-13,16,18-19,25,29H,7,14-15,17H2,1-4H3. The summed E-state index contributed by atoms with van der Waals surface area (Å²) in [5, 5.41) is 11.6. The molecular weight excluding hydrogens is 370 g/mol. The minimum absolute atomic E-state index is 0.0376. The molecule has 3 heteroatoms. The summed E-state index contributed by atoms with van der Waals surface area (Å²) < 4.78 is 6.05. The van der Waals surface area contributed by atoms with Crippen LogP contribution in [0.1, 0.15) is 68.7 Å². The van der Waals surface area contributed by atoms with Gasteiger partial charge in [0.25, 0.3) is 0 Å². The highest BCUT2D eigenvalue weighted by molar-refractivity contribution is 5.77. The lowest BCUT2D eigenvalue weighted by molar-refractivity contribution is 0.0720. The van der Waals surface area contributed by atoms with Crippen molar-refractivity contribution in [3.05, 3.63) is 75.7 Å². The number of aliphatic hydroxyl groups excluding tert-OH is 1. The molecule has 2 aromatic rings. The molecule has 0 saturated heterocycles. The molecule has 2 aliphatic rings. The highest BCUT2D eigenvalue weighted by Gasteiger charge is 2.24. The van der Waals surface area contributed by atoms with Gasteiger partial charge in [0.15, 0.2) is 0 Å². The van der Waals surface area contributed by atoms with Crippen LogP contribution in [0.2, 0.25) is 0 Å². The molecule has 0 fully saturated rings. The zero-order valence-electron chi connectivity index (χ0n) is 18.6. The number of hydrogen-bond donors (Lipinski definition) is 1. The maximum absolute atomic E-state index is 9.07. The molecule has 0 spiro atoms. The molecule has 3 nitrogen and oxygen atoms in total. The predicted octanol–water partition coefficient (Wildman–Crippen LogP) is 4.35. The summed E-state index contributed by atoms with van der Waals surface area (Å²) in [5.41, 5.74) is 6.75. The molecule has 2 aromatic carbocycles. The lowest BCUT2D eigenvalue weighted by atomic mass is 9.89. The van der Waals surface area contributed by atoms with Crippen LogP contribution in [0.4, 0.5) is 5.69 Å². The fourth-order valence-corrected chi connectivity index (χ4v) is 4.63. The van der Waals surface area contributed by atoms with Gasteiger partial charge in [0.05, 0.1) is 6.61 Å². The molecule has 0 amide bonds. The Balaban J connectivity index is 1.81. The molecule has 0 bridgehead atoms. The number of rotatable bonds is 7. The van der Waals surface area contributed by atoms with Gasteiger partial charge < -0.3 is 14.7 Å². The molecule has 30 heavy (non-hydrogen) atoms. The van der Waals surface area contributed by atoms with Gasteiger partial charge in [-0.25, -0.2) is 0 Å². The Morgan fingerprint density at radius 2 is 1.73 bits per heavy atom. The summed E-state index contributed by atoms with van der Waals surface area (Å²) in [6.07, 6.45) is 7.35. The van der Waals surface area contributed by atoms with Crippen molar-refractivity contribution in [2.45, 2.75) is 52.1 Å². The van der Waals surface area contributed by atoms with Gasteiger partial charge in [-0.05, 0) is 51.0 Å². The highest BCUT2D eigenvalue weighted by Crippen LogP contribution is 2.37. The third-order valence-electron chi connectivity index (χ3n) is 6.09. The second-order valence-electron chi connectivity index (χ2n) is 8.92. The third kappa shape index (κ3) is 3.84. The highest BCUT2D eigenvalue weighted by atomic mass is 16.5. The van der Waals surface area contributed by atoms with Crippen LogP contribution in [0.15, 0.2) is 48.6 Å². The van der Waals surface area contributed by atoms with E-state index in [2.05, 4.69) is 87.3 Å². The second kappa shape index (κ2) is 8.79. The molecule has 1 unspecified atom stereocenters. The Kier molecular flexibility index (Phi) is 6.12. The van der Waals surface area contributed by atoms with Gasteiger partial charge in [0, 0.05) is 25.0 Å². The van der Waals surface area contributed by atoms with E-state index in [1.165, 1.54) is 38.4 Å². The van der Waals surface area contributed by atoms with E-state index in [-0.39, 0.29) is 12.7 Å². The average Bonchev–Trinajstić information content (AvgIpc) is 2.74. The Labute approximate surface area is 180 Å². The molecule has 1 aliphatic carbocycles. The molecule has 0 saturated carbocycles. The largest absolute Gasteiger partial charge is 0.396 e. The first kappa shape index (κ1) is 20.9. The SMILES string of the molecule is CC(C)c1cccc(C(C)C)c1N1C=c2cccc3c2=C(C=CC3OCCCO)C1. The number of benzene rings is 2. The molecule has 1 heterocycles. The number of ether oxygens (including phenoxy) is 1. The van der Waals surface area contributed by atoms with Gasteiger partial charge in [-0.3, -0.25) is 0 Å². The smallest absolute Gasteiger partial charge is 0.102 e. The zero-order valence-corrected chi connectivity index (χ0v) is 18.6. The number of anilines is 1. The van der Waals surface area contributed by atoms with Crippen LogP contribution in [-0.2, 0) is 4.74 Å². The molecule has 4 rings (SSSR count). The van der Waals surface area contributed by atoms with E-state index >= 15 is 0 Å². The molecule has 0 aromatic heterocycles. The van der Waals surface area contributed by atoms with Gasteiger partial charge in [-0.1, -0.05) is 76.2 Å². The van der Waals surface area contributed by atoms with Crippen LogP contribution in [0.5, 0.6) is 0 Å². The zero-order chi connectivity index (χ0) is 21.3. The normalized spacial score (nSPS) is 17.5. The summed E-state index contributed by atoms with van der Waals surface area (Å²) in [6.45, 7) is 10.7. The number of hydrogen-bond acceptors (Lipinski definition) is 3. The van der Waals surface area contributed by atoms with E-state index in [0.717, 1.165) is 6.54 Å². The van der Waals surface area contributed by atoms with Crippen molar-refractivity contribution in [2.75, 3.05) is 24.7 Å². The van der Waals surface area contributed by atoms with E-state index in [1.807, 2.05) is 0 Å². The first-order chi connectivity index (χ1) is 14.5. The fraction of sp³-hybridized carbons (Fsp3) is 0.407. The van der Waals surface area contributed by atoms with Crippen molar-refractivity contribution in [3.63, 3.8) is 0 Å². The first-order valence-corrected chi connectivity index (χ1v) is 11.1. The Morgan fingerprint density at radius 1 is 1.03 bits per heavy atom. The van der Waals surface area contributed by atoms with Crippen molar-refractivity contribution >= 4 is 17.5 Å². The van der Waals surface area contributed by atoms with Crippen LogP contribution < -0.4 is 15.3 Å². The Hall–Kier alpha value is -2.36. The Morgan fingerprint density at radius 3 is 2.40 bits per heavy atom. The van der Waals surface area contributed by atoms with Gasteiger partial charge in [0.1, 0.15) is 6.10 Å². The van der Waals surface area contributed by atoms with Gasteiger partial charge in [-0.2, -0.15) is 0 Å². The maximum Gasteiger partial charge on any atom is 0.102 e. The van der Waals surface area contributed by atoms with E-state index in [4.69, 9.17) is 9.84 Å². The maximum atomic E-state index is 9.07. The minimum Gasteiger partial charge on any atom is -0.396 e. The number of para-hydroxylation sites is 1. The predicted molar refractivity (Wildman–Crippen MR) is 125 cm³/mol. The lowest BCUT2D eigenvalue weighted by Crippen LogP contribution is -2.43. The monoisotopic (exact) mass is 403 g/mol. The van der Waals surface area contributed by atoms with Crippen LogP contribution in [0.3, 0.4) is 0 Å². The number of nitrogens with zero attached hydrogens (tertiary/aromatic N) is 1. The van der Waals surface area contributed by atoms with E-state index in [0.29, 0.717) is 24.9 Å². The summed E-state index contributed by atoms with van der Waals surface area (Å²) in [7, 11) is 0. The van der Waals surface area contributed by atoms with Crippen molar-refractivity contribution in [2.24, 2.45) is 0 Å². The lowest BCUT2D eigenvalue weighted by Gasteiger charge is -2.33. The van der Waals surface area contributed by atoms with E-state index < -0.39 is 0 Å². The summed E-state index contributed by atoms with van der Waals surface area (Å²) >= 11 is 0. The number of aliphatic hydroxyl groups is 1. The van der Waals surface area contributed by atoms with Crippen LogP contribution >= 0.6 is 0 Å². The fourth-order valence-electron chi connectivity index (χ4n) is 4.63. The molecule has 1 aliphatic heterocycles. The Bertz CT molecular complexity index is 1040. The van der Waals surface area contributed by atoms with Crippen LogP contribution in [0, 0.1) is 0 Å². The minimum atomic E-state index is -0.0376. The van der Waals surface area contributed by atoms with E-state index in [1.54, 1.807) is 0 Å². The van der Waals surface area contributed by atoms with Gasteiger partial charge in [-0.15, -0.1) is 0 Å². The van der Waals surface area contributed by atoms with Crippen molar-refractivity contribution in [1.82, 2.24) is 0 Å². The van der Waals surface area contributed by atoms with Crippen molar-refractivity contribution in [3.8, 4) is 0 Å². The van der Waals surface area contributed by atoms with Gasteiger partial charge >= 0.3 is 0 Å². The molecule has 1 atom stereocenters. The van der Waals surface area contributed by atoms with Gasteiger partial charge in [0.2, 0.25) is 0 Å². The summed E-state index contributed by atoms with van der Waals surface area (Å²) in [5.74, 6) is 0.937. The molecule has 158 valence electrons. The first-order valence-electron chi connectivity index (χ1n) is 11.1. The van der Waals surface area contributed by atoms with E-state index in [9.17, 15) is 0 Å². The second-order valence-corrected chi connectivity index (χ2v) is 8.92. The van der Waals surface area contributed by atoms with Crippen LogP contribution in [-0.4, -0.2) is 24.9 Å².